The molecule has 0 aliphatic rings. The average Bonchev–Trinajstić information content (AvgIpc) is 2.36. The van der Waals surface area contributed by atoms with E-state index in [-0.39, 0.29) is 0 Å². The number of hydrogen-bond acceptors (Lipinski definition) is 3. The number of benzene rings is 1. The van der Waals surface area contributed by atoms with Crippen molar-refractivity contribution in [2.75, 3.05) is 19.8 Å². The highest BCUT2D eigenvalue weighted by Crippen LogP contribution is 2.11. The maximum absolute atomic E-state index is 5.38. The molecule has 0 atom stereocenters. The lowest BCUT2D eigenvalue weighted by molar-refractivity contribution is 0.244. The zero-order chi connectivity index (χ0) is 12.3. The van der Waals surface area contributed by atoms with Crippen LogP contribution in [0.25, 0.3) is 0 Å². The van der Waals surface area contributed by atoms with Gasteiger partial charge in [0.2, 0.25) is 0 Å². The van der Waals surface area contributed by atoms with Crippen LogP contribution < -0.4 is 10.1 Å². The molecule has 0 fully saturated rings. The van der Waals surface area contributed by atoms with E-state index in [2.05, 4.69) is 24.0 Å². The maximum atomic E-state index is 5.38. The third-order valence-corrected chi connectivity index (χ3v) is 2.30. The summed E-state index contributed by atoms with van der Waals surface area (Å²) in [5, 5.41) is 3.36. The highest BCUT2D eigenvalue weighted by molar-refractivity contribution is 5.27. The summed E-state index contributed by atoms with van der Waals surface area (Å²) < 4.78 is 10.4. The monoisotopic (exact) mass is 235 g/mol. The van der Waals surface area contributed by atoms with Crippen molar-refractivity contribution in [3.8, 4) is 5.75 Å². The van der Waals surface area contributed by atoms with Crippen LogP contribution in [-0.2, 0) is 11.3 Å². The van der Waals surface area contributed by atoms with E-state index in [1.54, 1.807) is 0 Å². The first kappa shape index (κ1) is 13.6. The van der Waals surface area contributed by atoms with Gasteiger partial charge in [0.15, 0.2) is 0 Å². The van der Waals surface area contributed by atoms with Crippen LogP contribution in [0.2, 0.25) is 0 Å². The van der Waals surface area contributed by atoms with E-state index >= 15 is 0 Å². The predicted octanol–water partition coefficient (Wildman–Crippen LogP) is 2.73. The van der Waals surface area contributed by atoms with Crippen LogP contribution in [0.1, 0.15) is 18.9 Å². The van der Waals surface area contributed by atoms with Crippen molar-refractivity contribution in [1.82, 2.24) is 5.32 Å². The van der Waals surface area contributed by atoms with Gasteiger partial charge in [0.25, 0.3) is 0 Å². The van der Waals surface area contributed by atoms with E-state index in [1.165, 1.54) is 11.8 Å². The van der Waals surface area contributed by atoms with Gasteiger partial charge < -0.3 is 14.8 Å². The lowest BCUT2D eigenvalue weighted by Crippen LogP contribution is -2.15. The van der Waals surface area contributed by atoms with Gasteiger partial charge in [-0.05, 0) is 37.6 Å². The Morgan fingerprint density at radius 2 is 2.06 bits per heavy atom. The molecule has 0 bridgehead atoms. The molecule has 0 saturated carbocycles. The lowest BCUT2D eigenvalue weighted by atomic mass is 10.2. The second-order valence-electron chi connectivity index (χ2n) is 3.64. The normalized spacial score (nSPS) is 9.94. The van der Waals surface area contributed by atoms with Crippen molar-refractivity contribution in [3.63, 3.8) is 0 Å². The molecule has 0 aliphatic carbocycles. The molecule has 0 heterocycles. The molecule has 0 aliphatic heterocycles. The van der Waals surface area contributed by atoms with Crippen molar-refractivity contribution >= 4 is 0 Å². The lowest BCUT2D eigenvalue weighted by Gasteiger charge is -2.06. The fraction of sp³-hybridized carbons (Fsp3) is 0.429. The number of ether oxygens (including phenoxy) is 2. The first-order valence-electron chi connectivity index (χ1n) is 6.01. The van der Waals surface area contributed by atoms with Crippen LogP contribution in [0, 0.1) is 0 Å². The summed E-state index contributed by atoms with van der Waals surface area (Å²) in [7, 11) is 0. The first-order chi connectivity index (χ1) is 8.36. The third kappa shape index (κ3) is 5.97. The molecule has 0 radical (unpaired) electrons. The Morgan fingerprint density at radius 1 is 1.29 bits per heavy atom. The van der Waals surface area contributed by atoms with E-state index in [0.717, 1.165) is 31.9 Å². The Kier molecular flexibility index (Phi) is 6.91. The molecule has 94 valence electrons. The first-order valence-corrected chi connectivity index (χ1v) is 6.01. The molecule has 3 nitrogen and oxygen atoms in total. The molecule has 0 aromatic heterocycles. The SMILES string of the molecule is C=COCCCNCc1ccc(OCC)cc1. The van der Waals surface area contributed by atoms with Gasteiger partial charge in [0.1, 0.15) is 5.75 Å². The summed E-state index contributed by atoms with van der Waals surface area (Å²) in [6.45, 7) is 8.73. The summed E-state index contributed by atoms with van der Waals surface area (Å²) in [5.74, 6) is 0.927. The topological polar surface area (TPSA) is 30.5 Å². The minimum absolute atomic E-state index is 0.709. The summed E-state index contributed by atoms with van der Waals surface area (Å²) in [4.78, 5) is 0. The minimum Gasteiger partial charge on any atom is -0.502 e. The van der Waals surface area contributed by atoms with Crippen LogP contribution in [-0.4, -0.2) is 19.8 Å². The Labute approximate surface area is 103 Å². The van der Waals surface area contributed by atoms with Crippen molar-refractivity contribution < 1.29 is 9.47 Å². The van der Waals surface area contributed by atoms with E-state index in [4.69, 9.17) is 9.47 Å². The van der Waals surface area contributed by atoms with Gasteiger partial charge in [-0.15, -0.1) is 0 Å². The largest absolute Gasteiger partial charge is 0.502 e. The van der Waals surface area contributed by atoms with E-state index in [1.807, 2.05) is 19.1 Å². The van der Waals surface area contributed by atoms with Gasteiger partial charge >= 0.3 is 0 Å². The van der Waals surface area contributed by atoms with Crippen molar-refractivity contribution in [2.24, 2.45) is 0 Å². The molecule has 1 aromatic carbocycles. The van der Waals surface area contributed by atoms with Crippen LogP contribution >= 0.6 is 0 Å². The predicted molar refractivity (Wildman–Crippen MR) is 70.1 cm³/mol. The summed E-state index contributed by atoms with van der Waals surface area (Å²) >= 11 is 0. The average molecular weight is 235 g/mol. The Bertz CT molecular complexity index is 309. The third-order valence-electron chi connectivity index (χ3n) is 2.30. The maximum Gasteiger partial charge on any atom is 0.119 e. The Morgan fingerprint density at radius 3 is 2.71 bits per heavy atom. The Balaban J connectivity index is 2.16. The molecule has 0 unspecified atom stereocenters. The number of hydrogen-bond donors (Lipinski definition) is 1. The van der Waals surface area contributed by atoms with Crippen molar-refractivity contribution in [3.05, 3.63) is 42.7 Å². The second kappa shape index (κ2) is 8.65. The summed E-state index contributed by atoms with van der Waals surface area (Å²) in [6.07, 6.45) is 2.47. The van der Waals surface area contributed by atoms with Crippen molar-refractivity contribution in [2.45, 2.75) is 19.9 Å². The van der Waals surface area contributed by atoms with Crippen LogP contribution in [0.4, 0.5) is 0 Å². The fourth-order valence-electron chi connectivity index (χ4n) is 1.47. The van der Waals surface area contributed by atoms with E-state index < -0.39 is 0 Å². The molecule has 0 spiro atoms. The van der Waals surface area contributed by atoms with Crippen molar-refractivity contribution in [1.29, 1.82) is 0 Å². The van der Waals surface area contributed by atoms with Crippen LogP contribution in [0.5, 0.6) is 5.75 Å². The quantitative estimate of drug-likeness (QED) is 0.527. The van der Waals surface area contributed by atoms with Gasteiger partial charge in [-0.3, -0.25) is 0 Å². The summed E-state index contributed by atoms with van der Waals surface area (Å²) in [5.41, 5.74) is 1.26. The molecule has 1 rings (SSSR count). The zero-order valence-corrected chi connectivity index (χ0v) is 10.4. The van der Waals surface area contributed by atoms with E-state index in [0.29, 0.717) is 6.61 Å². The molecule has 3 heteroatoms. The molecular weight excluding hydrogens is 214 g/mol. The zero-order valence-electron chi connectivity index (χ0n) is 10.4. The van der Waals surface area contributed by atoms with E-state index in [9.17, 15) is 0 Å². The van der Waals surface area contributed by atoms with Crippen LogP contribution in [0.15, 0.2) is 37.1 Å². The number of nitrogens with one attached hydrogen (secondary N) is 1. The second-order valence-corrected chi connectivity index (χ2v) is 3.64. The molecule has 1 aromatic rings. The molecule has 0 amide bonds. The molecule has 17 heavy (non-hydrogen) atoms. The Hall–Kier alpha value is -1.48. The van der Waals surface area contributed by atoms with Gasteiger partial charge in [0.05, 0.1) is 19.5 Å². The molecular formula is C14H21NO2. The smallest absolute Gasteiger partial charge is 0.119 e. The minimum atomic E-state index is 0.709. The highest BCUT2D eigenvalue weighted by atomic mass is 16.5. The van der Waals surface area contributed by atoms with Gasteiger partial charge in [-0.2, -0.15) is 0 Å². The fourth-order valence-corrected chi connectivity index (χ4v) is 1.47. The molecule has 0 saturated heterocycles. The van der Waals surface area contributed by atoms with Crippen LogP contribution in [0.3, 0.4) is 0 Å². The number of rotatable bonds is 9. The summed E-state index contributed by atoms with van der Waals surface area (Å²) in [6, 6.07) is 8.17. The van der Waals surface area contributed by atoms with Gasteiger partial charge in [-0.25, -0.2) is 0 Å². The molecule has 1 N–H and O–H groups in total. The van der Waals surface area contributed by atoms with Gasteiger partial charge in [0, 0.05) is 6.54 Å². The standard InChI is InChI=1S/C14H21NO2/c1-3-16-11-5-10-15-12-13-6-8-14(9-7-13)17-4-2/h3,6-9,15H,1,4-5,10-12H2,2H3. The van der Waals surface area contributed by atoms with Gasteiger partial charge in [-0.1, -0.05) is 18.7 Å². The highest BCUT2D eigenvalue weighted by Gasteiger charge is 1.94.